The van der Waals surface area contributed by atoms with Crippen LogP contribution in [0.1, 0.15) is 30.6 Å². The van der Waals surface area contributed by atoms with Gasteiger partial charge in [-0.2, -0.15) is 18.9 Å². The normalized spacial score (nSPS) is 12.6. The first-order valence-corrected chi connectivity index (χ1v) is 8.80. The Balaban J connectivity index is 2.17. The largest absolute Gasteiger partial charge is 0.432 e. The second-order valence-electron chi connectivity index (χ2n) is 6.52. The van der Waals surface area contributed by atoms with Gasteiger partial charge in [0.05, 0.1) is 12.6 Å². The Kier molecular flexibility index (Phi) is 5.78. The van der Waals surface area contributed by atoms with Gasteiger partial charge in [0, 0.05) is 14.1 Å². The highest BCUT2D eigenvalue weighted by Crippen LogP contribution is 2.30. The number of H-pyrrole nitrogens is 1. The molecule has 3 aromatic rings. The first-order valence-electron chi connectivity index (χ1n) is 8.80. The van der Waals surface area contributed by atoms with E-state index >= 15 is 0 Å². The van der Waals surface area contributed by atoms with Crippen LogP contribution in [0.4, 0.5) is 19.1 Å². The summed E-state index contributed by atoms with van der Waals surface area (Å²) in [6.45, 7) is -1.81. The summed E-state index contributed by atoms with van der Waals surface area (Å²) in [4.78, 5) is 21.2. The fraction of sp³-hybridized carbons (Fsp3) is 0.389. The molecule has 8 nitrogen and oxygen atoms in total. The minimum Gasteiger partial charge on any atom is -0.432 e. The van der Waals surface area contributed by atoms with Crippen molar-refractivity contribution < 1.29 is 23.0 Å². The van der Waals surface area contributed by atoms with Gasteiger partial charge in [-0.15, -0.1) is 0 Å². The van der Waals surface area contributed by atoms with Crippen LogP contribution in [-0.2, 0) is 6.61 Å². The fourth-order valence-electron chi connectivity index (χ4n) is 3.11. The molecular formula is C18H20F3N5O3. The lowest BCUT2D eigenvalue weighted by Crippen LogP contribution is -2.20. The van der Waals surface area contributed by atoms with Crippen LogP contribution in [0.25, 0.3) is 11.0 Å². The van der Waals surface area contributed by atoms with Gasteiger partial charge in [0.2, 0.25) is 5.95 Å². The fourth-order valence-corrected chi connectivity index (χ4v) is 3.11. The molecule has 0 spiro atoms. The van der Waals surface area contributed by atoms with Gasteiger partial charge < -0.3 is 14.7 Å². The van der Waals surface area contributed by atoms with E-state index in [1.54, 1.807) is 19.0 Å². The molecule has 0 unspecified atom stereocenters. The summed E-state index contributed by atoms with van der Waals surface area (Å²) >= 11 is 0. The zero-order chi connectivity index (χ0) is 21.3. The van der Waals surface area contributed by atoms with Gasteiger partial charge in [-0.1, -0.05) is 13.0 Å². The third-order valence-corrected chi connectivity index (χ3v) is 4.43. The van der Waals surface area contributed by atoms with Crippen molar-refractivity contribution in [2.24, 2.45) is 0 Å². The van der Waals surface area contributed by atoms with E-state index in [1.165, 1.54) is 10.7 Å². The zero-order valence-corrected chi connectivity index (χ0v) is 16.0. The van der Waals surface area contributed by atoms with E-state index in [2.05, 4.69) is 19.8 Å². The number of benzene rings is 1. The summed E-state index contributed by atoms with van der Waals surface area (Å²) in [5.74, 6) is -1.22. The van der Waals surface area contributed by atoms with Crippen molar-refractivity contribution in [3.63, 3.8) is 0 Å². The van der Waals surface area contributed by atoms with Crippen LogP contribution >= 0.6 is 0 Å². The van der Waals surface area contributed by atoms with E-state index in [4.69, 9.17) is 0 Å². The van der Waals surface area contributed by atoms with E-state index in [0.717, 1.165) is 12.1 Å². The van der Waals surface area contributed by atoms with Gasteiger partial charge >= 0.3 is 6.61 Å². The molecule has 0 aliphatic heterocycles. The minimum atomic E-state index is -3.14. The molecule has 2 heterocycles. The van der Waals surface area contributed by atoms with E-state index in [-0.39, 0.29) is 22.7 Å². The molecule has 11 heteroatoms. The lowest BCUT2D eigenvalue weighted by Gasteiger charge is -2.18. The van der Waals surface area contributed by atoms with Crippen LogP contribution in [0, 0.1) is 5.82 Å². The van der Waals surface area contributed by atoms with Crippen molar-refractivity contribution in [3.05, 3.63) is 45.6 Å². The number of hydrogen-bond donors (Lipinski definition) is 2. The second-order valence-corrected chi connectivity index (χ2v) is 6.52. The lowest BCUT2D eigenvalue weighted by atomic mass is 10.0. The maximum absolute atomic E-state index is 14.2. The van der Waals surface area contributed by atoms with Gasteiger partial charge in [0.1, 0.15) is 11.1 Å². The number of aliphatic hydroxyl groups is 1. The maximum Gasteiger partial charge on any atom is 0.387 e. The number of rotatable bonds is 7. The van der Waals surface area contributed by atoms with E-state index in [1.807, 2.05) is 6.92 Å². The molecule has 0 amide bonds. The number of hydrogen-bond acceptors (Lipinski definition) is 6. The molecule has 1 atom stereocenters. The second kappa shape index (κ2) is 8.11. The number of aromatic amines is 1. The van der Waals surface area contributed by atoms with Crippen LogP contribution in [0.2, 0.25) is 0 Å². The van der Waals surface area contributed by atoms with Gasteiger partial charge in [-0.25, -0.2) is 9.07 Å². The van der Waals surface area contributed by atoms with Crippen molar-refractivity contribution >= 4 is 17.0 Å². The van der Waals surface area contributed by atoms with Crippen LogP contribution in [0.15, 0.2) is 23.0 Å². The Morgan fingerprint density at radius 1 is 1.34 bits per heavy atom. The average molecular weight is 411 g/mol. The molecule has 2 aromatic heterocycles. The summed E-state index contributed by atoms with van der Waals surface area (Å²) in [5, 5.41) is 14.1. The number of alkyl halides is 2. The SMILES string of the molecule is CC[C@H](c1ccc(OC(F)F)c(F)c1)n1nc(CO)c2c(=O)[nH]c(N(C)C)nc21. The predicted molar refractivity (Wildman–Crippen MR) is 99.9 cm³/mol. The van der Waals surface area contributed by atoms with Crippen LogP contribution in [-0.4, -0.2) is 45.6 Å². The maximum atomic E-state index is 14.2. The van der Waals surface area contributed by atoms with Crippen LogP contribution < -0.4 is 15.2 Å². The standard InChI is InChI=1S/C18H20F3N5O3/c1-4-12(9-5-6-13(10(19)7-9)29-17(20)21)26-15-14(11(8-27)24-26)16(28)23-18(22-15)25(2)3/h5-7,12,17,27H,4,8H2,1-3H3,(H,22,23,28)/t12-/m1/s1. The molecular weight excluding hydrogens is 391 g/mol. The summed E-state index contributed by atoms with van der Waals surface area (Å²) in [7, 11) is 3.40. The molecule has 2 N–H and O–H groups in total. The first kappa shape index (κ1) is 20.6. The molecule has 0 saturated carbocycles. The van der Waals surface area contributed by atoms with Gasteiger partial charge in [-0.05, 0) is 24.1 Å². The van der Waals surface area contributed by atoms with Crippen molar-refractivity contribution in [2.75, 3.05) is 19.0 Å². The summed E-state index contributed by atoms with van der Waals surface area (Å²) < 4.78 is 44.6. The smallest absolute Gasteiger partial charge is 0.387 e. The third-order valence-electron chi connectivity index (χ3n) is 4.43. The Bertz CT molecular complexity index is 1080. The Morgan fingerprint density at radius 3 is 2.62 bits per heavy atom. The zero-order valence-electron chi connectivity index (χ0n) is 16.0. The quantitative estimate of drug-likeness (QED) is 0.620. The molecule has 0 saturated heterocycles. The van der Waals surface area contributed by atoms with Crippen molar-refractivity contribution in [1.82, 2.24) is 19.7 Å². The van der Waals surface area contributed by atoms with Gasteiger partial charge in [0.25, 0.3) is 5.56 Å². The number of halogens is 3. The Morgan fingerprint density at radius 2 is 2.07 bits per heavy atom. The number of ether oxygens (including phenoxy) is 1. The number of anilines is 1. The predicted octanol–water partition coefficient (Wildman–Crippen LogP) is 2.42. The van der Waals surface area contributed by atoms with Crippen LogP contribution in [0.5, 0.6) is 5.75 Å². The summed E-state index contributed by atoms with van der Waals surface area (Å²) in [6, 6.07) is 3.08. The molecule has 29 heavy (non-hydrogen) atoms. The van der Waals surface area contributed by atoms with Gasteiger partial charge in [0.15, 0.2) is 17.2 Å². The van der Waals surface area contributed by atoms with E-state index in [0.29, 0.717) is 12.0 Å². The molecule has 0 bridgehead atoms. The monoisotopic (exact) mass is 411 g/mol. The molecule has 156 valence electrons. The molecule has 0 fully saturated rings. The van der Waals surface area contributed by atoms with Crippen LogP contribution in [0.3, 0.4) is 0 Å². The highest BCUT2D eigenvalue weighted by Gasteiger charge is 2.23. The number of fused-ring (bicyclic) bond motifs is 1. The van der Waals surface area contributed by atoms with Crippen molar-refractivity contribution in [2.45, 2.75) is 32.6 Å². The van der Waals surface area contributed by atoms with E-state index < -0.39 is 36.4 Å². The molecule has 0 radical (unpaired) electrons. The van der Waals surface area contributed by atoms with Gasteiger partial charge in [-0.3, -0.25) is 9.78 Å². The molecule has 0 aliphatic carbocycles. The number of aromatic nitrogens is 4. The van der Waals surface area contributed by atoms with Crippen molar-refractivity contribution in [3.8, 4) is 5.75 Å². The Labute approximate surface area is 163 Å². The molecule has 3 rings (SSSR count). The first-order chi connectivity index (χ1) is 13.8. The minimum absolute atomic E-state index is 0.134. The molecule has 0 aliphatic rings. The molecule has 1 aromatic carbocycles. The van der Waals surface area contributed by atoms with E-state index in [9.17, 15) is 23.1 Å². The topological polar surface area (TPSA) is 96.3 Å². The highest BCUT2D eigenvalue weighted by atomic mass is 19.3. The van der Waals surface area contributed by atoms with Crippen molar-refractivity contribution in [1.29, 1.82) is 0 Å². The lowest BCUT2D eigenvalue weighted by molar-refractivity contribution is -0.0522. The third kappa shape index (κ3) is 3.90. The average Bonchev–Trinajstić information content (AvgIpc) is 3.03. The summed E-state index contributed by atoms with van der Waals surface area (Å²) in [5.41, 5.74) is 0.321. The highest BCUT2D eigenvalue weighted by molar-refractivity contribution is 5.78. The number of aliphatic hydroxyl groups excluding tert-OH is 1. The number of nitrogens with zero attached hydrogens (tertiary/aromatic N) is 4. The number of nitrogens with one attached hydrogen (secondary N) is 1. The Hall–Kier alpha value is -3.08. The summed E-state index contributed by atoms with van der Waals surface area (Å²) in [6.07, 6.45) is 0.432.